The van der Waals surface area contributed by atoms with Gasteiger partial charge in [-0.05, 0) is 37.1 Å². The smallest absolute Gasteiger partial charge is 0.407 e. The van der Waals surface area contributed by atoms with E-state index in [-0.39, 0.29) is 11.7 Å². The van der Waals surface area contributed by atoms with Crippen LogP contribution in [-0.4, -0.2) is 58.9 Å². The minimum atomic E-state index is -1.23. The summed E-state index contributed by atoms with van der Waals surface area (Å²) in [5.41, 5.74) is 7.22. The Labute approximate surface area is 175 Å². The molecule has 0 aliphatic heterocycles. The minimum absolute atomic E-state index is 0.0391. The van der Waals surface area contributed by atoms with E-state index in [2.05, 4.69) is 16.0 Å². The van der Waals surface area contributed by atoms with E-state index in [0.717, 1.165) is 24.0 Å². The van der Waals surface area contributed by atoms with Gasteiger partial charge in [0.15, 0.2) is 0 Å². The van der Waals surface area contributed by atoms with Gasteiger partial charge in [0, 0.05) is 35.2 Å². The summed E-state index contributed by atoms with van der Waals surface area (Å²) in [6.45, 7) is 3.16. The van der Waals surface area contributed by atoms with Crippen molar-refractivity contribution in [3.8, 4) is 12.3 Å². The summed E-state index contributed by atoms with van der Waals surface area (Å²) < 4.78 is 17.0. The van der Waals surface area contributed by atoms with Crippen LogP contribution in [0, 0.1) is 12.3 Å². The predicted molar refractivity (Wildman–Crippen MR) is 116 cm³/mol. The number of hydrogen-bond donors (Lipinski definition) is 2. The SMILES string of the molecule is C#Cc1cccc(CN(CCCN)C(=O)C(CS(=O)CCCC)NC(=O)OC)c1. The number of nitrogens with two attached hydrogens (primary N) is 1. The van der Waals surface area contributed by atoms with Gasteiger partial charge in [-0.2, -0.15) is 0 Å². The van der Waals surface area contributed by atoms with E-state index in [1.54, 1.807) is 4.90 Å². The van der Waals surface area contributed by atoms with Gasteiger partial charge in [-0.25, -0.2) is 4.79 Å². The number of nitrogens with one attached hydrogen (secondary N) is 1. The highest BCUT2D eigenvalue weighted by atomic mass is 32.2. The van der Waals surface area contributed by atoms with Crippen LogP contribution < -0.4 is 11.1 Å². The Morgan fingerprint density at radius 2 is 2.14 bits per heavy atom. The molecule has 3 N–H and O–H groups in total. The minimum Gasteiger partial charge on any atom is -0.453 e. The van der Waals surface area contributed by atoms with E-state index >= 15 is 0 Å². The van der Waals surface area contributed by atoms with Crippen molar-refractivity contribution in [3.05, 3.63) is 35.4 Å². The van der Waals surface area contributed by atoms with Gasteiger partial charge in [0.25, 0.3) is 0 Å². The summed E-state index contributed by atoms with van der Waals surface area (Å²) >= 11 is 0. The molecule has 2 amide bonds. The third kappa shape index (κ3) is 9.11. The van der Waals surface area contributed by atoms with Crippen molar-refractivity contribution < 1.29 is 18.5 Å². The normalized spacial score (nSPS) is 12.5. The van der Waals surface area contributed by atoms with Crippen molar-refractivity contribution in [3.63, 3.8) is 0 Å². The van der Waals surface area contributed by atoms with E-state index in [1.165, 1.54) is 7.11 Å². The van der Waals surface area contributed by atoms with Crippen molar-refractivity contribution in [1.82, 2.24) is 10.2 Å². The van der Waals surface area contributed by atoms with Crippen LogP contribution in [0.25, 0.3) is 0 Å². The molecule has 8 heteroatoms. The fraction of sp³-hybridized carbons (Fsp3) is 0.524. The van der Waals surface area contributed by atoms with Gasteiger partial charge in [-0.3, -0.25) is 9.00 Å². The molecule has 0 saturated carbocycles. The standard InChI is InChI=1S/C21H31N3O4S/c1-4-6-13-29(27)16-19(23-21(26)28-3)20(25)24(12-8-11-22)15-18-10-7-9-17(5-2)14-18/h2,7,9-10,14,19H,4,6,8,11-13,15-16,22H2,1,3H3,(H,23,26). The molecule has 0 bridgehead atoms. The van der Waals surface area contributed by atoms with Crippen LogP contribution in [0.3, 0.4) is 0 Å². The van der Waals surface area contributed by atoms with E-state index < -0.39 is 22.9 Å². The summed E-state index contributed by atoms with van der Waals surface area (Å²) in [6, 6.07) is 6.43. The topological polar surface area (TPSA) is 102 Å². The molecule has 1 rings (SSSR count). The van der Waals surface area contributed by atoms with Gasteiger partial charge < -0.3 is 20.7 Å². The molecule has 0 saturated heterocycles. The number of unbranched alkanes of at least 4 members (excludes halogenated alkanes) is 1. The van der Waals surface area contributed by atoms with Crippen LogP contribution in [0.5, 0.6) is 0 Å². The molecule has 29 heavy (non-hydrogen) atoms. The fourth-order valence-corrected chi connectivity index (χ4v) is 4.07. The molecule has 0 spiro atoms. The second-order valence-corrected chi connectivity index (χ2v) is 8.22. The predicted octanol–water partition coefficient (Wildman–Crippen LogP) is 1.62. The zero-order chi connectivity index (χ0) is 21.6. The molecule has 0 aliphatic rings. The van der Waals surface area contributed by atoms with E-state index in [4.69, 9.17) is 12.2 Å². The quantitative estimate of drug-likeness (QED) is 0.500. The molecule has 0 heterocycles. The van der Waals surface area contributed by atoms with Gasteiger partial charge in [0.1, 0.15) is 6.04 Å². The molecule has 7 nitrogen and oxygen atoms in total. The lowest BCUT2D eigenvalue weighted by Crippen LogP contribution is -2.51. The molecular formula is C21H31N3O4S. The molecule has 160 valence electrons. The molecule has 1 aromatic carbocycles. The molecule has 0 radical (unpaired) electrons. The number of hydrogen-bond acceptors (Lipinski definition) is 5. The van der Waals surface area contributed by atoms with Gasteiger partial charge >= 0.3 is 6.09 Å². The first-order valence-corrected chi connectivity index (χ1v) is 11.2. The second-order valence-electron chi connectivity index (χ2n) is 6.60. The first-order valence-electron chi connectivity index (χ1n) is 9.69. The van der Waals surface area contributed by atoms with Crippen LogP contribution in [0.4, 0.5) is 4.79 Å². The van der Waals surface area contributed by atoms with Crippen LogP contribution in [0.15, 0.2) is 24.3 Å². The number of rotatable bonds is 12. The van der Waals surface area contributed by atoms with Crippen LogP contribution in [0.2, 0.25) is 0 Å². The van der Waals surface area contributed by atoms with E-state index in [0.29, 0.717) is 31.8 Å². The number of alkyl carbamates (subject to hydrolysis) is 1. The summed E-state index contributed by atoms with van der Waals surface area (Å²) in [4.78, 5) is 26.6. The third-order valence-corrected chi connectivity index (χ3v) is 5.71. The zero-order valence-electron chi connectivity index (χ0n) is 17.2. The molecule has 1 aromatic rings. The first-order chi connectivity index (χ1) is 13.9. The molecule has 0 aliphatic carbocycles. The molecule has 0 fully saturated rings. The lowest BCUT2D eigenvalue weighted by molar-refractivity contribution is -0.133. The maximum atomic E-state index is 13.2. The molecule has 2 unspecified atom stereocenters. The van der Waals surface area contributed by atoms with E-state index in [9.17, 15) is 13.8 Å². The average Bonchev–Trinajstić information content (AvgIpc) is 2.74. The average molecular weight is 422 g/mol. The monoisotopic (exact) mass is 421 g/mol. The van der Waals surface area contributed by atoms with E-state index in [1.807, 2.05) is 31.2 Å². The summed E-state index contributed by atoms with van der Waals surface area (Å²) in [5, 5.41) is 2.53. The summed E-state index contributed by atoms with van der Waals surface area (Å²) in [7, 11) is -0.00716. The largest absolute Gasteiger partial charge is 0.453 e. The van der Waals surface area contributed by atoms with Crippen LogP contribution in [0.1, 0.15) is 37.3 Å². The van der Waals surface area contributed by atoms with Crippen molar-refractivity contribution >= 4 is 22.8 Å². The van der Waals surface area contributed by atoms with Gasteiger partial charge in [-0.1, -0.05) is 31.4 Å². The number of carbonyl (C=O) groups is 2. The Hall–Kier alpha value is -2.37. The van der Waals surface area contributed by atoms with Crippen molar-refractivity contribution in [2.24, 2.45) is 5.73 Å². The number of nitrogens with zero attached hydrogens (tertiary/aromatic N) is 1. The highest BCUT2D eigenvalue weighted by molar-refractivity contribution is 7.85. The highest BCUT2D eigenvalue weighted by Gasteiger charge is 2.28. The highest BCUT2D eigenvalue weighted by Crippen LogP contribution is 2.11. The van der Waals surface area contributed by atoms with Crippen LogP contribution in [-0.2, 0) is 26.9 Å². The van der Waals surface area contributed by atoms with Gasteiger partial charge in [-0.15, -0.1) is 6.42 Å². The Bertz CT molecular complexity index is 733. The number of ether oxygens (including phenoxy) is 1. The zero-order valence-corrected chi connectivity index (χ0v) is 18.0. The molecule has 0 aromatic heterocycles. The van der Waals surface area contributed by atoms with Gasteiger partial charge in [0.2, 0.25) is 5.91 Å². The second kappa shape index (κ2) is 13.7. The maximum absolute atomic E-state index is 13.2. The summed E-state index contributed by atoms with van der Waals surface area (Å²) in [5.74, 6) is 2.78. The lowest BCUT2D eigenvalue weighted by Gasteiger charge is -2.27. The number of benzene rings is 1. The fourth-order valence-electron chi connectivity index (χ4n) is 2.70. The van der Waals surface area contributed by atoms with Crippen LogP contribution >= 0.6 is 0 Å². The molecular weight excluding hydrogens is 390 g/mol. The molecule has 2 atom stereocenters. The van der Waals surface area contributed by atoms with Crippen molar-refractivity contribution in [2.45, 2.75) is 38.8 Å². The van der Waals surface area contributed by atoms with Gasteiger partial charge in [0.05, 0.1) is 12.9 Å². The number of amides is 2. The number of carbonyl (C=O) groups excluding carboxylic acids is 2. The Kier molecular flexibility index (Phi) is 11.7. The number of terminal acetylenes is 1. The lowest BCUT2D eigenvalue weighted by atomic mass is 10.1. The van der Waals surface area contributed by atoms with Crippen molar-refractivity contribution in [2.75, 3.05) is 31.7 Å². The maximum Gasteiger partial charge on any atom is 0.407 e. The Morgan fingerprint density at radius 3 is 2.76 bits per heavy atom. The first kappa shape index (κ1) is 24.7. The third-order valence-electron chi connectivity index (χ3n) is 4.26. The Balaban J connectivity index is 3.02. The van der Waals surface area contributed by atoms with Crippen molar-refractivity contribution in [1.29, 1.82) is 0 Å². The summed E-state index contributed by atoms with van der Waals surface area (Å²) in [6.07, 6.45) is 7.03. The number of methoxy groups -OCH3 is 1. The Morgan fingerprint density at radius 1 is 1.38 bits per heavy atom.